The fourth-order valence-electron chi connectivity index (χ4n) is 10.1. The van der Waals surface area contributed by atoms with Crippen molar-refractivity contribution >= 4 is 82.9 Å². The fraction of sp³-hybridized carbons (Fsp3) is 0.574. The zero-order valence-electron chi connectivity index (χ0n) is 54.0. The van der Waals surface area contributed by atoms with Gasteiger partial charge in [-0.3, -0.25) is 67.5 Å². The number of guanidine groups is 2. The number of aliphatic carboxylic acids is 1. The molecule has 0 aliphatic carbocycles. The van der Waals surface area contributed by atoms with Gasteiger partial charge in [-0.25, -0.2) is 0 Å². The first kappa shape index (κ1) is 79.5. The number of nitrogens with zero attached hydrogens (tertiary/aromatic N) is 3. The molecule has 526 valence electrons. The molecule has 2 aromatic rings. The molecule has 3 rings (SSSR count). The van der Waals surface area contributed by atoms with Gasteiger partial charge in [-0.1, -0.05) is 62.7 Å². The Hall–Kier alpha value is -9.70. The maximum absolute atomic E-state index is 14.7. The van der Waals surface area contributed by atoms with Gasteiger partial charge in [0.05, 0.1) is 25.6 Å². The van der Waals surface area contributed by atoms with Crippen LogP contribution in [0, 0.1) is 5.92 Å². The second kappa shape index (κ2) is 42.5. The zero-order valence-corrected chi connectivity index (χ0v) is 54.0. The molecule has 0 radical (unpaired) electrons. The third kappa shape index (κ3) is 29.9. The number of likely N-dealkylation sites (tertiary alicyclic amines) is 1. The van der Waals surface area contributed by atoms with E-state index in [9.17, 15) is 67.7 Å². The molecule has 34 heteroatoms. The largest absolute Gasteiger partial charge is 0.508 e. The minimum Gasteiger partial charge on any atom is -0.508 e. The summed E-state index contributed by atoms with van der Waals surface area (Å²) in [6.45, 7) is 2.59. The summed E-state index contributed by atoms with van der Waals surface area (Å²) in [6, 6.07) is 2.36. The maximum atomic E-state index is 14.7. The Morgan fingerprint density at radius 2 is 1.05 bits per heavy atom. The Morgan fingerprint density at radius 1 is 0.558 bits per heavy atom. The molecule has 1 fully saturated rings. The van der Waals surface area contributed by atoms with E-state index >= 15 is 0 Å². The van der Waals surface area contributed by atoms with Crippen LogP contribution >= 0.6 is 0 Å². The van der Waals surface area contributed by atoms with Crippen LogP contribution < -0.4 is 93.7 Å². The van der Waals surface area contributed by atoms with Crippen LogP contribution in [0.1, 0.15) is 115 Å². The number of primary amides is 1. The molecule has 0 unspecified atom stereocenters. The van der Waals surface area contributed by atoms with E-state index in [1.165, 1.54) is 12.1 Å². The Morgan fingerprint density at radius 3 is 1.57 bits per heavy atom. The van der Waals surface area contributed by atoms with Crippen molar-refractivity contribution in [2.75, 3.05) is 45.8 Å². The van der Waals surface area contributed by atoms with Gasteiger partial charge in [-0.05, 0) is 126 Å². The molecule has 1 heterocycles. The van der Waals surface area contributed by atoms with Gasteiger partial charge in [0.1, 0.15) is 54.1 Å². The lowest BCUT2D eigenvalue weighted by Gasteiger charge is -2.31. The van der Waals surface area contributed by atoms with Crippen LogP contribution in [-0.2, 0) is 70.4 Å². The molecule has 10 atom stereocenters. The molecule has 95 heavy (non-hydrogen) atoms. The fourth-order valence-corrected chi connectivity index (χ4v) is 10.1. The number of carbonyl (C=O) groups excluding carboxylic acids is 11. The highest BCUT2D eigenvalue weighted by Gasteiger charge is 2.41. The van der Waals surface area contributed by atoms with Crippen LogP contribution in [0.3, 0.4) is 0 Å². The minimum atomic E-state index is -1.76. The molecule has 1 aliphatic heterocycles. The van der Waals surface area contributed by atoms with Crippen LogP contribution in [0.5, 0.6) is 5.75 Å². The van der Waals surface area contributed by atoms with E-state index in [0.29, 0.717) is 43.4 Å². The summed E-state index contributed by atoms with van der Waals surface area (Å²) >= 11 is 0. The van der Waals surface area contributed by atoms with E-state index in [2.05, 4.69) is 57.8 Å². The molecule has 0 spiro atoms. The summed E-state index contributed by atoms with van der Waals surface area (Å²) in [4.78, 5) is 173. The standard InChI is InChI=1S/C61H98N20O14/c1-3-35(2)50(58(94)79-45(32-49(85)86)59(95)81-29-13-20-46(81)57(93)75-40(51(65)87)16-7-9-25-62)80-55(91)43(19-12-28-71-61(68)69)77-54(90)42(18-11-27-70-60(66)67)76-53(89)41(17-8-10-26-63)78-56(92)44(31-36-14-5-4-6-15-36)74-48(84)34-72-47(83)33-73-52(88)39(64)30-37-21-23-38(82)24-22-37/h4-6,14-15,21-24,35,39-46,50,82H,3,7-13,16-20,25-34,62-64H2,1-2H3,(H2,65,87)(H,72,83)(H,73,88)(H,74,84)(H,75,93)(H,76,89)(H,77,90)(H,78,92)(H,79,94)(H,80,91)(H,85,86)(H4,66,67,70)(H4,68,69,71)/t35-,39-,40-,41-,42-,43-,44-,45-,46-,50-/m0/s1. The molecule has 0 bridgehead atoms. The summed E-state index contributed by atoms with van der Waals surface area (Å²) in [5.74, 6) is -11.9. The molecule has 1 aliphatic rings. The maximum Gasteiger partial charge on any atom is 0.305 e. The quantitative estimate of drug-likeness (QED) is 0.0167. The number of amides is 11. The lowest BCUT2D eigenvalue weighted by molar-refractivity contribution is -0.146. The number of benzene rings is 2. The zero-order chi connectivity index (χ0) is 70.6. The van der Waals surface area contributed by atoms with Gasteiger partial charge in [-0.15, -0.1) is 0 Å². The van der Waals surface area contributed by atoms with Crippen LogP contribution in [0.15, 0.2) is 64.6 Å². The average molecular weight is 1340 g/mol. The van der Waals surface area contributed by atoms with Crippen molar-refractivity contribution in [3.05, 3.63) is 65.7 Å². The molecule has 2 aromatic carbocycles. The average Bonchev–Trinajstić information content (AvgIpc) is 1.80. The van der Waals surface area contributed by atoms with Crippen molar-refractivity contribution in [2.24, 2.45) is 61.8 Å². The Balaban J connectivity index is 1.91. The van der Waals surface area contributed by atoms with Gasteiger partial charge < -0.3 is 109 Å². The Bertz CT molecular complexity index is 2930. The highest BCUT2D eigenvalue weighted by molar-refractivity contribution is 5.99. The molecule has 34 nitrogen and oxygen atoms in total. The van der Waals surface area contributed by atoms with Crippen molar-refractivity contribution in [1.29, 1.82) is 0 Å². The number of carboxylic acids is 1. The second-order valence-electron chi connectivity index (χ2n) is 23.1. The van der Waals surface area contributed by atoms with E-state index in [-0.39, 0.29) is 114 Å². The van der Waals surface area contributed by atoms with E-state index in [1.807, 2.05) is 0 Å². The number of carboxylic acid groups (broad SMARTS) is 1. The normalized spacial score (nSPS) is 15.4. The van der Waals surface area contributed by atoms with Crippen molar-refractivity contribution in [3.8, 4) is 5.75 Å². The lowest BCUT2D eigenvalue weighted by Crippen LogP contribution is -2.61. The van der Waals surface area contributed by atoms with Crippen LogP contribution in [-0.4, -0.2) is 198 Å². The summed E-state index contributed by atoms with van der Waals surface area (Å²) in [7, 11) is 0. The number of hydrogen-bond acceptors (Lipinski definition) is 18. The minimum absolute atomic E-state index is 0.00266. The van der Waals surface area contributed by atoms with Crippen LogP contribution in [0.2, 0.25) is 0 Å². The van der Waals surface area contributed by atoms with Crippen LogP contribution in [0.25, 0.3) is 0 Å². The van der Waals surface area contributed by atoms with Crippen molar-refractivity contribution in [1.82, 2.24) is 52.8 Å². The van der Waals surface area contributed by atoms with Gasteiger partial charge in [-0.2, -0.15) is 0 Å². The van der Waals surface area contributed by atoms with Crippen molar-refractivity contribution in [3.63, 3.8) is 0 Å². The molecular formula is C61H98N20O14. The van der Waals surface area contributed by atoms with Crippen molar-refractivity contribution < 1.29 is 67.7 Å². The van der Waals surface area contributed by atoms with Gasteiger partial charge >= 0.3 is 5.97 Å². The van der Waals surface area contributed by atoms with Gasteiger partial charge in [0, 0.05) is 26.1 Å². The molecule has 1 saturated heterocycles. The number of phenols is 1. The molecule has 0 aromatic heterocycles. The predicted octanol–water partition coefficient (Wildman–Crippen LogP) is -5.51. The number of nitrogens with two attached hydrogens (primary N) is 8. The first-order valence-corrected chi connectivity index (χ1v) is 31.7. The number of nitrogens with one attached hydrogen (secondary N) is 9. The number of carbonyl (C=O) groups is 12. The number of hydrogen-bond donors (Lipinski definition) is 19. The SMILES string of the molecule is CC[C@H](C)[C@H](NC(=O)[C@H](CCCN=C(N)N)NC(=O)[C@H](CCCN=C(N)N)NC(=O)[C@H](CCCCN)NC(=O)[C@H](Cc1ccccc1)NC(=O)CNC(=O)CNC(=O)[C@@H](N)Cc1ccc(O)cc1)C(=O)N[C@@H](CC(=O)O)C(=O)N1CCC[C@H]1C(=O)N[C@@H](CCCCN)C(N)=O. The molecule has 0 saturated carbocycles. The topological polar surface area (TPSA) is 590 Å². The van der Waals surface area contributed by atoms with E-state index < -0.39 is 151 Å². The third-order valence-electron chi connectivity index (χ3n) is 15.5. The van der Waals surface area contributed by atoms with E-state index in [4.69, 9.17) is 45.9 Å². The number of rotatable bonds is 44. The second-order valence-corrected chi connectivity index (χ2v) is 23.1. The van der Waals surface area contributed by atoms with E-state index in [1.54, 1.807) is 56.3 Å². The third-order valence-corrected chi connectivity index (χ3v) is 15.5. The van der Waals surface area contributed by atoms with Gasteiger partial charge in [0.2, 0.25) is 65.0 Å². The van der Waals surface area contributed by atoms with Gasteiger partial charge in [0.15, 0.2) is 11.9 Å². The summed E-state index contributed by atoms with van der Waals surface area (Å²) in [6.07, 6.45) is 1.43. The molecule has 11 amide bonds. The summed E-state index contributed by atoms with van der Waals surface area (Å²) < 4.78 is 0. The number of aromatic hydroxyl groups is 1. The molecular weight excluding hydrogens is 1240 g/mol. The summed E-state index contributed by atoms with van der Waals surface area (Å²) in [5.41, 5.74) is 46.6. The Kier molecular flexibility index (Phi) is 35.6. The highest BCUT2D eigenvalue weighted by atomic mass is 16.4. The van der Waals surface area contributed by atoms with Crippen LogP contribution in [0.4, 0.5) is 0 Å². The molecule has 27 N–H and O–H groups in total. The monoisotopic (exact) mass is 1330 g/mol. The number of unbranched alkanes of at least 4 members (excludes halogenated alkanes) is 2. The first-order valence-electron chi connectivity index (χ1n) is 31.7. The van der Waals surface area contributed by atoms with Crippen molar-refractivity contribution in [2.45, 2.75) is 171 Å². The number of phenolic OH excluding ortho intramolecular Hbond substituents is 1. The number of aliphatic imine (C=N–C) groups is 2. The first-order chi connectivity index (χ1) is 45.2. The summed E-state index contributed by atoms with van der Waals surface area (Å²) in [5, 5.41) is 42.7. The lowest BCUT2D eigenvalue weighted by atomic mass is 9.96. The van der Waals surface area contributed by atoms with E-state index in [0.717, 1.165) is 4.90 Å². The van der Waals surface area contributed by atoms with Gasteiger partial charge in [0.25, 0.3) is 0 Å². The Labute approximate surface area is 551 Å². The predicted molar refractivity (Wildman–Crippen MR) is 351 cm³/mol. The smallest absolute Gasteiger partial charge is 0.305 e. The highest BCUT2D eigenvalue weighted by Crippen LogP contribution is 2.21.